The van der Waals surface area contributed by atoms with Gasteiger partial charge in [0.15, 0.2) is 0 Å². The minimum absolute atomic E-state index is 0.257. The summed E-state index contributed by atoms with van der Waals surface area (Å²) in [6, 6.07) is 4.95. The van der Waals surface area contributed by atoms with Crippen molar-refractivity contribution in [2.45, 2.75) is 25.9 Å². The minimum atomic E-state index is -0.383. The Kier molecular flexibility index (Phi) is 3.90. The number of rotatable bonds is 3. The number of terminal acetylenes is 1. The highest BCUT2D eigenvalue weighted by atomic mass is 79.9. The Bertz CT molecular complexity index is 393. The van der Waals surface area contributed by atoms with Crippen LogP contribution in [0.3, 0.4) is 0 Å². The Balaban J connectivity index is 2.75. The lowest BCUT2D eigenvalue weighted by Crippen LogP contribution is -2.37. The van der Waals surface area contributed by atoms with E-state index in [1.165, 1.54) is 6.07 Å². The normalized spacial score (nSPS) is 11.1. The minimum Gasteiger partial charge on any atom is -0.297 e. The van der Waals surface area contributed by atoms with Crippen molar-refractivity contribution in [2.75, 3.05) is 0 Å². The van der Waals surface area contributed by atoms with Gasteiger partial charge in [-0.25, -0.2) is 4.39 Å². The highest BCUT2D eigenvalue weighted by Crippen LogP contribution is 2.20. The van der Waals surface area contributed by atoms with Crippen LogP contribution in [0.5, 0.6) is 0 Å². The number of benzene rings is 1. The van der Waals surface area contributed by atoms with E-state index in [-0.39, 0.29) is 11.4 Å². The van der Waals surface area contributed by atoms with Gasteiger partial charge in [0.05, 0.1) is 10.0 Å². The van der Waals surface area contributed by atoms with Crippen LogP contribution < -0.4 is 5.32 Å². The third-order valence-corrected chi connectivity index (χ3v) is 3.00. The van der Waals surface area contributed by atoms with E-state index in [1.807, 2.05) is 19.9 Å². The SMILES string of the molecule is C#CC(C)(C)NCc1cccc(F)c1Br. The molecule has 1 aromatic rings. The first-order valence-electron chi connectivity index (χ1n) is 4.62. The fourth-order valence-corrected chi connectivity index (χ4v) is 1.46. The van der Waals surface area contributed by atoms with Gasteiger partial charge in [-0.2, -0.15) is 0 Å². The van der Waals surface area contributed by atoms with Crippen molar-refractivity contribution >= 4 is 15.9 Å². The van der Waals surface area contributed by atoms with E-state index in [9.17, 15) is 4.39 Å². The molecule has 0 aliphatic carbocycles. The lowest BCUT2D eigenvalue weighted by molar-refractivity contribution is 0.488. The van der Waals surface area contributed by atoms with Crippen LogP contribution in [0, 0.1) is 18.2 Å². The molecule has 0 saturated carbocycles. The standard InChI is InChI=1S/C12H13BrFN/c1-4-12(2,3)15-8-9-6-5-7-10(14)11(9)13/h1,5-7,15H,8H2,2-3H3. The van der Waals surface area contributed by atoms with E-state index < -0.39 is 0 Å². The van der Waals surface area contributed by atoms with E-state index >= 15 is 0 Å². The van der Waals surface area contributed by atoms with Crippen LogP contribution >= 0.6 is 15.9 Å². The summed E-state index contributed by atoms with van der Waals surface area (Å²) in [5, 5.41) is 3.16. The lowest BCUT2D eigenvalue weighted by Gasteiger charge is -2.20. The van der Waals surface area contributed by atoms with E-state index in [1.54, 1.807) is 6.07 Å². The van der Waals surface area contributed by atoms with Crippen LogP contribution in [-0.2, 0) is 6.54 Å². The van der Waals surface area contributed by atoms with E-state index in [0.29, 0.717) is 11.0 Å². The van der Waals surface area contributed by atoms with E-state index in [2.05, 4.69) is 27.2 Å². The maximum absolute atomic E-state index is 13.2. The van der Waals surface area contributed by atoms with Gasteiger partial charge in [0.2, 0.25) is 0 Å². The topological polar surface area (TPSA) is 12.0 Å². The van der Waals surface area contributed by atoms with Gasteiger partial charge in [-0.05, 0) is 41.4 Å². The molecule has 0 atom stereocenters. The Morgan fingerprint density at radius 3 is 2.80 bits per heavy atom. The van der Waals surface area contributed by atoms with Gasteiger partial charge in [-0.3, -0.25) is 5.32 Å². The zero-order chi connectivity index (χ0) is 11.5. The molecule has 1 aromatic carbocycles. The highest BCUT2D eigenvalue weighted by molar-refractivity contribution is 9.10. The molecule has 0 aromatic heterocycles. The van der Waals surface area contributed by atoms with Crippen molar-refractivity contribution < 1.29 is 4.39 Å². The first kappa shape index (κ1) is 12.2. The van der Waals surface area contributed by atoms with Crippen molar-refractivity contribution in [3.63, 3.8) is 0 Å². The van der Waals surface area contributed by atoms with E-state index in [4.69, 9.17) is 6.42 Å². The van der Waals surface area contributed by atoms with Crippen LogP contribution in [0.4, 0.5) is 4.39 Å². The Morgan fingerprint density at radius 2 is 2.20 bits per heavy atom. The molecule has 0 saturated heterocycles. The molecular weight excluding hydrogens is 257 g/mol. The van der Waals surface area contributed by atoms with Crippen LogP contribution in [-0.4, -0.2) is 5.54 Å². The number of hydrogen-bond donors (Lipinski definition) is 1. The summed E-state index contributed by atoms with van der Waals surface area (Å²) >= 11 is 3.20. The molecule has 3 heteroatoms. The molecule has 15 heavy (non-hydrogen) atoms. The first-order valence-corrected chi connectivity index (χ1v) is 5.41. The second kappa shape index (κ2) is 4.78. The Hall–Kier alpha value is -0.850. The second-order valence-electron chi connectivity index (χ2n) is 3.84. The largest absolute Gasteiger partial charge is 0.297 e. The van der Waals surface area contributed by atoms with Gasteiger partial charge >= 0.3 is 0 Å². The molecule has 1 nitrogen and oxygen atoms in total. The summed E-state index contributed by atoms with van der Waals surface area (Å²) in [7, 11) is 0. The predicted octanol–water partition coefficient (Wildman–Crippen LogP) is 3.09. The molecule has 0 aliphatic rings. The molecule has 0 bridgehead atoms. The van der Waals surface area contributed by atoms with Crippen LogP contribution in [0.15, 0.2) is 22.7 Å². The highest BCUT2D eigenvalue weighted by Gasteiger charge is 2.13. The van der Waals surface area contributed by atoms with Gasteiger partial charge in [0.25, 0.3) is 0 Å². The maximum atomic E-state index is 13.2. The molecule has 0 amide bonds. The quantitative estimate of drug-likeness (QED) is 0.832. The number of halogens is 2. The van der Waals surface area contributed by atoms with Crippen molar-refractivity contribution in [3.8, 4) is 12.3 Å². The molecule has 0 aliphatic heterocycles. The lowest BCUT2D eigenvalue weighted by atomic mass is 10.1. The van der Waals surface area contributed by atoms with Crippen LogP contribution in [0.1, 0.15) is 19.4 Å². The molecule has 80 valence electrons. The summed E-state index contributed by atoms with van der Waals surface area (Å²) in [4.78, 5) is 0. The molecule has 0 fully saturated rings. The Morgan fingerprint density at radius 1 is 1.53 bits per heavy atom. The summed E-state index contributed by atoms with van der Waals surface area (Å²) in [5.74, 6) is 2.37. The molecule has 0 spiro atoms. The summed E-state index contributed by atoms with van der Waals surface area (Å²) in [6.07, 6.45) is 5.34. The smallest absolute Gasteiger partial charge is 0.137 e. The second-order valence-corrected chi connectivity index (χ2v) is 4.63. The summed E-state index contributed by atoms with van der Waals surface area (Å²) in [5.41, 5.74) is 0.476. The fourth-order valence-electron chi connectivity index (χ4n) is 1.05. The van der Waals surface area contributed by atoms with Crippen molar-refractivity contribution in [1.82, 2.24) is 5.32 Å². The molecule has 0 heterocycles. The van der Waals surface area contributed by atoms with Crippen molar-refractivity contribution in [3.05, 3.63) is 34.1 Å². The average molecular weight is 270 g/mol. The van der Waals surface area contributed by atoms with Crippen molar-refractivity contribution in [2.24, 2.45) is 0 Å². The zero-order valence-corrected chi connectivity index (χ0v) is 10.4. The third kappa shape index (κ3) is 3.33. The molecule has 1 rings (SSSR count). The van der Waals surface area contributed by atoms with Gasteiger partial charge in [-0.15, -0.1) is 6.42 Å². The third-order valence-electron chi connectivity index (χ3n) is 2.11. The van der Waals surface area contributed by atoms with E-state index in [0.717, 1.165) is 5.56 Å². The summed E-state index contributed by atoms with van der Waals surface area (Å²) in [6.45, 7) is 4.34. The zero-order valence-electron chi connectivity index (χ0n) is 8.77. The maximum Gasteiger partial charge on any atom is 0.137 e. The predicted molar refractivity (Wildman–Crippen MR) is 63.9 cm³/mol. The van der Waals surface area contributed by atoms with Gasteiger partial charge in [0.1, 0.15) is 5.82 Å². The average Bonchev–Trinajstić information content (AvgIpc) is 2.20. The van der Waals surface area contributed by atoms with Crippen LogP contribution in [0.2, 0.25) is 0 Å². The number of hydrogen-bond acceptors (Lipinski definition) is 1. The molecular formula is C12H13BrFN. The van der Waals surface area contributed by atoms with Crippen LogP contribution in [0.25, 0.3) is 0 Å². The molecule has 1 N–H and O–H groups in total. The van der Waals surface area contributed by atoms with Gasteiger partial charge < -0.3 is 0 Å². The number of nitrogens with one attached hydrogen (secondary N) is 1. The van der Waals surface area contributed by atoms with Gasteiger partial charge in [0, 0.05) is 6.54 Å². The van der Waals surface area contributed by atoms with Gasteiger partial charge in [-0.1, -0.05) is 18.1 Å². The monoisotopic (exact) mass is 269 g/mol. The Labute approximate surface area is 98.2 Å². The first-order chi connectivity index (χ1) is 6.96. The molecule has 0 unspecified atom stereocenters. The molecule has 0 radical (unpaired) electrons. The summed E-state index contributed by atoms with van der Waals surface area (Å²) < 4.78 is 13.7. The fraction of sp³-hybridized carbons (Fsp3) is 0.333. The van der Waals surface area contributed by atoms with Crippen molar-refractivity contribution in [1.29, 1.82) is 0 Å².